The number of guanidine groups is 1. The average molecular weight is 364 g/mol. The largest absolute Gasteiger partial charge is 0.361 e. The van der Waals surface area contributed by atoms with Crippen molar-refractivity contribution in [3.05, 3.63) is 33.1 Å². The predicted molar refractivity (Wildman–Crippen MR) is 103 cm³/mol. The molecule has 2 aromatic rings. The van der Waals surface area contributed by atoms with Crippen LogP contribution in [0.15, 0.2) is 14.9 Å². The van der Waals surface area contributed by atoms with Crippen LogP contribution in [-0.4, -0.2) is 29.2 Å². The van der Waals surface area contributed by atoms with E-state index in [1.54, 1.807) is 11.3 Å². The van der Waals surface area contributed by atoms with Crippen molar-refractivity contribution in [2.24, 2.45) is 4.99 Å². The smallest absolute Gasteiger partial charge is 0.191 e. The molecule has 6 nitrogen and oxygen atoms in total. The topological polar surface area (TPSA) is 75.3 Å². The standard InChI is InChI=1S/C18H29N5OS/c1-6-19-18(21-10-17-22-16(11-25-17)12(2)3)20-9-7-8-15-13(4)23-24-14(15)5/h11-12H,6-10H2,1-5H3,(H2,19,20,21). The summed E-state index contributed by atoms with van der Waals surface area (Å²) in [6.07, 6.45) is 1.96. The Hall–Kier alpha value is -1.89. The highest BCUT2D eigenvalue weighted by molar-refractivity contribution is 7.09. The number of aliphatic imine (C=N–C) groups is 1. The molecule has 0 spiro atoms. The lowest BCUT2D eigenvalue weighted by Gasteiger charge is -2.10. The van der Waals surface area contributed by atoms with Crippen LogP contribution in [0.25, 0.3) is 0 Å². The molecule has 2 rings (SSSR count). The monoisotopic (exact) mass is 363 g/mol. The summed E-state index contributed by atoms with van der Waals surface area (Å²) in [5.74, 6) is 2.22. The quantitative estimate of drug-likeness (QED) is 0.426. The van der Waals surface area contributed by atoms with Gasteiger partial charge in [-0.15, -0.1) is 11.3 Å². The Morgan fingerprint density at radius 2 is 2.12 bits per heavy atom. The van der Waals surface area contributed by atoms with Gasteiger partial charge in [0.05, 0.1) is 17.9 Å². The van der Waals surface area contributed by atoms with Crippen LogP contribution in [0, 0.1) is 13.8 Å². The van der Waals surface area contributed by atoms with Gasteiger partial charge in [0.2, 0.25) is 0 Å². The van der Waals surface area contributed by atoms with Crippen molar-refractivity contribution in [2.75, 3.05) is 13.1 Å². The fraction of sp³-hybridized carbons (Fsp3) is 0.611. The van der Waals surface area contributed by atoms with E-state index in [4.69, 9.17) is 4.52 Å². The van der Waals surface area contributed by atoms with Crippen molar-refractivity contribution < 1.29 is 4.52 Å². The summed E-state index contributed by atoms with van der Waals surface area (Å²) in [5.41, 5.74) is 3.35. The summed E-state index contributed by atoms with van der Waals surface area (Å²) >= 11 is 1.68. The molecule has 0 aliphatic carbocycles. The number of aryl methyl sites for hydroxylation is 2. The molecular weight excluding hydrogens is 334 g/mol. The number of thiazole rings is 1. The second-order valence-corrected chi connectivity index (χ2v) is 7.29. The molecule has 0 saturated carbocycles. The summed E-state index contributed by atoms with van der Waals surface area (Å²) < 4.78 is 5.21. The lowest BCUT2D eigenvalue weighted by Crippen LogP contribution is -2.37. The Bertz CT molecular complexity index is 670. The summed E-state index contributed by atoms with van der Waals surface area (Å²) in [6.45, 7) is 12.6. The van der Waals surface area contributed by atoms with Crippen LogP contribution in [-0.2, 0) is 13.0 Å². The van der Waals surface area contributed by atoms with Crippen molar-refractivity contribution >= 4 is 17.3 Å². The first-order valence-electron chi connectivity index (χ1n) is 8.89. The molecule has 0 bridgehead atoms. The molecule has 0 saturated heterocycles. The Kier molecular flexibility index (Phi) is 7.43. The van der Waals surface area contributed by atoms with Gasteiger partial charge >= 0.3 is 0 Å². The second-order valence-electron chi connectivity index (χ2n) is 6.35. The van der Waals surface area contributed by atoms with E-state index in [0.717, 1.165) is 54.0 Å². The molecule has 0 radical (unpaired) electrons. The van der Waals surface area contributed by atoms with Gasteiger partial charge in [-0.05, 0) is 39.5 Å². The maximum absolute atomic E-state index is 5.21. The van der Waals surface area contributed by atoms with E-state index < -0.39 is 0 Å². The van der Waals surface area contributed by atoms with Gasteiger partial charge in [0, 0.05) is 24.0 Å². The van der Waals surface area contributed by atoms with Crippen molar-refractivity contribution in [1.29, 1.82) is 0 Å². The van der Waals surface area contributed by atoms with Crippen molar-refractivity contribution in [3.8, 4) is 0 Å². The number of hydrogen-bond acceptors (Lipinski definition) is 5. The molecule has 0 atom stereocenters. The zero-order valence-electron chi connectivity index (χ0n) is 15.8. The minimum absolute atomic E-state index is 0.463. The fourth-order valence-electron chi connectivity index (χ4n) is 2.48. The molecule has 0 aromatic carbocycles. The molecule has 2 heterocycles. The molecule has 2 N–H and O–H groups in total. The van der Waals surface area contributed by atoms with Crippen molar-refractivity contribution in [1.82, 2.24) is 20.8 Å². The van der Waals surface area contributed by atoms with E-state index in [2.05, 4.69) is 51.9 Å². The van der Waals surface area contributed by atoms with Crippen molar-refractivity contribution in [3.63, 3.8) is 0 Å². The van der Waals surface area contributed by atoms with Gasteiger partial charge in [-0.25, -0.2) is 9.98 Å². The minimum Gasteiger partial charge on any atom is -0.361 e. The third kappa shape index (κ3) is 5.85. The molecule has 2 aromatic heterocycles. The van der Waals surface area contributed by atoms with Gasteiger partial charge < -0.3 is 15.2 Å². The Morgan fingerprint density at radius 1 is 1.32 bits per heavy atom. The van der Waals surface area contributed by atoms with Gasteiger partial charge in [0.15, 0.2) is 5.96 Å². The van der Waals surface area contributed by atoms with Crippen LogP contribution in [0.5, 0.6) is 0 Å². The third-order valence-corrected chi connectivity index (χ3v) is 4.81. The highest BCUT2D eigenvalue weighted by Crippen LogP contribution is 2.18. The molecule has 25 heavy (non-hydrogen) atoms. The maximum atomic E-state index is 5.21. The summed E-state index contributed by atoms with van der Waals surface area (Å²) in [6, 6.07) is 0. The highest BCUT2D eigenvalue weighted by Gasteiger charge is 2.08. The van der Waals surface area contributed by atoms with Gasteiger partial charge in [-0.2, -0.15) is 0 Å². The first-order chi connectivity index (χ1) is 12.0. The normalized spacial score (nSPS) is 12.0. The van der Waals surface area contributed by atoms with Crippen LogP contribution in [0.2, 0.25) is 0 Å². The molecule has 0 fully saturated rings. The van der Waals surface area contributed by atoms with Crippen LogP contribution in [0.3, 0.4) is 0 Å². The zero-order valence-corrected chi connectivity index (χ0v) is 16.7. The van der Waals surface area contributed by atoms with Crippen LogP contribution in [0.4, 0.5) is 0 Å². The summed E-state index contributed by atoms with van der Waals surface area (Å²) in [7, 11) is 0. The Morgan fingerprint density at radius 3 is 2.72 bits per heavy atom. The first-order valence-corrected chi connectivity index (χ1v) is 9.77. The number of hydrogen-bond donors (Lipinski definition) is 2. The molecule has 7 heteroatoms. The minimum atomic E-state index is 0.463. The second kappa shape index (κ2) is 9.56. The van der Waals surface area contributed by atoms with E-state index in [9.17, 15) is 0 Å². The first kappa shape index (κ1) is 19.4. The zero-order chi connectivity index (χ0) is 18.2. The molecule has 0 aliphatic heterocycles. The number of nitrogens with zero attached hydrogens (tertiary/aromatic N) is 3. The van der Waals surface area contributed by atoms with Gasteiger partial charge in [0.25, 0.3) is 0 Å². The Labute approximate surface area is 154 Å². The van der Waals surface area contributed by atoms with Crippen molar-refractivity contribution in [2.45, 2.75) is 59.9 Å². The SMILES string of the molecule is CCNC(=NCc1nc(C(C)C)cs1)NCCCc1c(C)noc1C. The third-order valence-electron chi connectivity index (χ3n) is 3.95. The van der Waals surface area contributed by atoms with Gasteiger partial charge in [0.1, 0.15) is 10.8 Å². The van der Waals surface area contributed by atoms with E-state index in [0.29, 0.717) is 12.5 Å². The lowest BCUT2D eigenvalue weighted by atomic mass is 10.1. The van der Waals surface area contributed by atoms with E-state index >= 15 is 0 Å². The van der Waals surface area contributed by atoms with Gasteiger partial charge in [-0.3, -0.25) is 0 Å². The fourth-order valence-corrected chi connectivity index (χ4v) is 3.36. The van der Waals surface area contributed by atoms with Gasteiger partial charge in [-0.1, -0.05) is 19.0 Å². The molecule has 0 amide bonds. The number of aromatic nitrogens is 2. The molecule has 138 valence electrons. The lowest BCUT2D eigenvalue weighted by molar-refractivity contribution is 0.392. The maximum Gasteiger partial charge on any atom is 0.191 e. The number of rotatable bonds is 8. The van der Waals surface area contributed by atoms with E-state index in [1.165, 1.54) is 5.56 Å². The molecule has 0 unspecified atom stereocenters. The molecule has 0 aliphatic rings. The average Bonchev–Trinajstić information content (AvgIpc) is 3.17. The van der Waals surface area contributed by atoms with Crippen LogP contribution in [0.1, 0.15) is 60.8 Å². The highest BCUT2D eigenvalue weighted by atomic mass is 32.1. The Balaban J connectivity index is 1.82. The summed E-state index contributed by atoms with van der Waals surface area (Å²) in [4.78, 5) is 9.27. The summed E-state index contributed by atoms with van der Waals surface area (Å²) in [5, 5.41) is 13.8. The number of nitrogens with one attached hydrogen (secondary N) is 2. The molecular formula is C18H29N5OS. The predicted octanol–water partition coefficient (Wildman–Crippen LogP) is 3.56. The van der Waals surface area contributed by atoms with E-state index in [1.807, 2.05) is 13.8 Å². The van der Waals surface area contributed by atoms with Crippen LogP contribution < -0.4 is 10.6 Å². The van der Waals surface area contributed by atoms with Crippen LogP contribution >= 0.6 is 11.3 Å². The van der Waals surface area contributed by atoms with E-state index in [-0.39, 0.29) is 0 Å².